The van der Waals surface area contributed by atoms with Crippen molar-refractivity contribution in [2.45, 2.75) is 6.61 Å². The number of nitro groups is 1. The van der Waals surface area contributed by atoms with Crippen LogP contribution in [0.2, 0.25) is 0 Å². The Bertz CT molecular complexity index is 634. The molecule has 0 aliphatic heterocycles. The van der Waals surface area contributed by atoms with Crippen LogP contribution in [0.25, 0.3) is 0 Å². The van der Waals surface area contributed by atoms with Gasteiger partial charge in [0.2, 0.25) is 5.75 Å². The normalized spacial score (nSPS) is 10.2. The molecule has 1 aromatic heterocycles. The van der Waals surface area contributed by atoms with Crippen LogP contribution in [0.15, 0.2) is 24.5 Å². The van der Waals surface area contributed by atoms with Gasteiger partial charge in [-0.3, -0.25) is 14.8 Å². The highest BCUT2D eigenvalue weighted by Crippen LogP contribution is 2.31. The summed E-state index contributed by atoms with van der Waals surface area (Å²) in [5, 5.41) is 23.8. The van der Waals surface area contributed by atoms with Gasteiger partial charge in [-0.05, 0) is 6.07 Å². The van der Waals surface area contributed by atoms with E-state index in [0.717, 1.165) is 0 Å². The number of nitro benzene ring substituents is 1. The topological polar surface area (TPSA) is 120 Å². The first kappa shape index (κ1) is 13.5. The summed E-state index contributed by atoms with van der Waals surface area (Å²) in [7, 11) is 1.63. The Labute approximate surface area is 112 Å². The maximum Gasteiger partial charge on any atom is 0.339 e. The van der Waals surface area contributed by atoms with Crippen molar-refractivity contribution in [3.63, 3.8) is 0 Å². The number of hydrogen-bond donors (Lipinski definition) is 1. The van der Waals surface area contributed by atoms with Gasteiger partial charge < -0.3 is 9.84 Å². The lowest BCUT2D eigenvalue weighted by molar-refractivity contribution is -0.386. The number of carbonyl (C=O) groups is 1. The van der Waals surface area contributed by atoms with E-state index in [4.69, 9.17) is 9.84 Å². The van der Waals surface area contributed by atoms with Crippen molar-refractivity contribution in [1.29, 1.82) is 0 Å². The molecule has 0 bridgehead atoms. The molecule has 1 aromatic carbocycles. The third-order valence-electron chi connectivity index (χ3n) is 2.57. The molecule has 0 aliphatic carbocycles. The zero-order chi connectivity index (χ0) is 14.7. The SMILES string of the molecule is Cn1ncnc1COc1c(C(=O)O)cccc1[N+](=O)[O-]. The van der Waals surface area contributed by atoms with E-state index in [9.17, 15) is 14.9 Å². The summed E-state index contributed by atoms with van der Waals surface area (Å²) in [6, 6.07) is 3.70. The molecule has 0 radical (unpaired) electrons. The van der Waals surface area contributed by atoms with Crippen LogP contribution in [0.1, 0.15) is 16.2 Å². The van der Waals surface area contributed by atoms with Crippen molar-refractivity contribution in [3.8, 4) is 5.75 Å². The van der Waals surface area contributed by atoms with Crippen LogP contribution < -0.4 is 4.74 Å². The van der Waals surface area contributed by atoms with Crippen LogP contribution in [-0.2, 0) is 13.7 Å². The van der Waals surface area contributed by atoms with Crippen molar-refractivity contribution in [1.82, 2.24) is 14.8 Å². The fraction of sp³-hybridized carbons (Fsp3) is 0.182. The monoisotopic (exact) mass is 278 g/mol. The van der Waals surface area contributed by atoms with Gasteiger partial charge in [-0.1, -0.05) is 6.07 Å². The number of nitrogens with zero attached hydrogens (tertiary/aromatic N) is 4. The first-order valence-corrected chi connectivity index (χ1v) is 5.47. The number of aromatic nitrogens is 3. The quantitative estimate of drug-likeness (QED) is 0.639. The van der Waals surface area contributed by atoms with Gasteiger partial charge >= 0.3 is 11.7 Å². The summed E-state index contributed by atoms with van der Waals surface area (Å²) in [6.07, 6.45) is 1.30. The molecule has 0 aliphatic rings. The minimum atomic E-state index is -1.30. The van der Waals surface area contributed by atoms with E-state index in [1.807, 2.05) is 0 Å². The van der Waals surface area contributed by atoms with Gasteiger partial charge in [0.1, 0.15) is 18.5 Å². The molecule has 20 heavy (non-hydrogen) atoms. The van der Waals surface area contributed by atoms with Crippen LogP contribution in [0.3, 0.4) is 0 Å². The average Bonchev–Trinajstić information content (AvgIpc) is 2.81. The predicted molar refractivity (Wildman–Crippen MR) is 65.4 cm³/mol. The van der Waals surface area contributed by atoms with Gasteiger partial charge in [0.15, 0.2) is 5.82 Å². The van der Waals surface area contributed by atoms with E-state index in [1.54, 1.807) is 7.05 Å². The smallest absolute Gasteiger partial charge is 0.339 e. The van der Waals surface area contributed by atoms with Crippen molar-refractivity contribution in [2.24, 2.45) is 7.05 Å². The average molecular weight is 278 g/mol. The highest BCUT2D eigenvalue weighted by atomic mass is 16.6. The van der Waals surface area contributed by atoms with Gasteiger partial charge in [-0.25, -0.2) is 9.78 Å². The maximum absolute atomic E-state index is 11.1. The largest absolute Gasteiger partial charge is 0.478 e. The Kier molecular flexibility index (Phi) is 3.60. The van der Waals surface area contributed by atoms with Crippen molar-refractivity contribution in [3.05, 3.63) is 46.0 Å². The minimum absolute atomic E-state index is 0.123. The number of aryl methyl sites for hydroxylation is 1. The zero-order valence-corrected chi connectivity index (χ0v) is 10.4. The van der Waals surface area contributed by atoms with Gasteiger partial charge in [0.25, 0.3) is 0 Å². The summed E-state index contributed by atoms with van der Waals surface area (Å²) in [6.45, 7) is -0.123. The number of aromatic carboxylic acids is 1. The summed E-state index contributed by atoms with van der Waals surface area (Å²) in [5.74, 6) is -1.19. The lowest BCUT2D eigenvalue weighted by Crippen LogP contribution is -2.09. The predicted octanol–water partition coefficient (Wildman–Crippen LogP) is 1.00. The molecule has 0 fully saturated rings. The molecule has 2 aromatic rings. The second-order valence-corrected chi connectivity index (χ2v) is 3.80. The summed E-state index contributed by atoms with van der Waals surface area (Å²) in [4.78, 5) is 25.2. The van der Waals surface area contributed by atoms with E-state index >= 15 is 0 Å². The third-order valence-corrected chi connectivity index (χ3v) is 2.57. The van der Waals surface area contributed by atoms with Crippen molar-refractivity contribution in [2.75, 3.05) is 0 Å². The molecule has 0 atom stereocenters. The lowest BCUT2D eigenvalue weighted by atomic mass is 10.2. The molecule has 1 heterocycles. The Balaban J connectivity index is 2.36. The van der Waals surface area contributed by atoms with Crippen LogP contribution in [-0.4, -0.2) is 30.8 Å². The van der Waals surface area contributed by atoms with Gasteiger partial charge in [-0.2, -0.15) is 5.10 Å². The molecular formula is C11H10N4O5. The molecule has 0 saturated heterocycles. The second-order valence-electron chi connectivity index (χ2n) is 3.80. The Morgan fingerprint density at radius 3 is 2.85 bits per heavy atom. The van der Waals surface area contributed by atoms with Crippen LogP contribution in [0.4, 0.5) is 5.69 Å². The van der Waals surface area contributed by atoms with Crippen LogP contribution in [0, 0.1) is 10.1 Å². The number of hydrogen-bond acceptors (Lipinski definition) is 6. The number of ether oxygens (including phenoxy) is 1. The highest BCUT2D eigenvalue weighted by molar-refractivity contribution is 5.92. The molecule has 9 heteroatoms. The highest BCUT2D eigenvalue weighted by Gasteiger charge is 2.23. The van der Waals surface area contributed by atoms with E-state index < -0.39 is 16.6 Å². The third kappa shape index (κ3) is 2.55. The number of benzene rings is 1. The van der Waals surface area contributed by atoms with E-state index in [-0.39, 0.29) is 17.9 Å². The standard InChI is InChI=1S/C11H10N4O5/c1-14-9(12-6-13-14)5-20-10-7(11(16)17)3-2-4-8(10)15(18)19/h2-4,6H,5H2,1H3,(H,16,17). The van der Waals surface area contributed by atoms with Crippen molar-refractivity contribution < 1.29 is 19.6 Å². The summed E-state index contributed by atoms with van der Waals surface area (Å²) >= 11 is 0. The van der Waals surface area contributed by atoms with E-state index in [2.05, 4.69) is 10.1 Å². The van der Waals surface area contributed by atoms with Crippen molar-refractivity contribution >= 4 is 11.7 Å². The summed E-state index contributed by atoms with van der Waals surface area (Å²) < 4.78 is 6.70. The fourth-order valence-electron chi connectivity index (χ4n) is 1.58. The first-order chi connectivity index (χ1) is 9.50. The number of carboxylic acid groups (broad SMARTS) is 1. The number of rotatable bonds is 5. The molecular weight excluding hydrogens is 268 g/mol. The summed E-state index contributed by atoms with van der Waals surface area (Å²) in [5.41, 5.74) is -0.687. The van der Waals surface area contributed by atoms with E-state index in [1.165, 1.54) is 29.2 Å². The Morgan fingerprint density at radius 1 is 1.55 bits per heavy atom. The lowest BCUT2D eigenvalue weighted by Gasteiger charge is -2.08. The zero-order valence-electron chi connectivity index (χ0n) is 10.4. The molecule has 0 saturated carbocycles. The molecule has 9 nitrogen and oxygen atoms in total. The van der Waals surface area contributed by atoms with Gasteiger partial charge in [0, 0.05) is 13.1 Å². The molecule has 0 unspecified atom stereocenters. The van der Waals surface area contributed by atoms with E-state index in [0.29, 0.717) is 5.82 Å². The second kappa shape index (κ2) is 5.34. The Morgan fingerprint density at radius 2 is 2.30 bits per heavy atom. The first-order valence-electron chi connectivity index (χ1n) is 5.47. The molecule has 1 N–H and O–H groups in total. The maximum atomic E-state index is 11.1. The number of carboxylic acids is 1. The minimum Gasteiger partial charge on any atom is -0.478 e. The molecule has 0 amide bonds. The number of para-hydroxylation sites is 1. The van der Waals surface area contributed by atoms with Crippen LogP contribution in [0.5, 0.6) is 5.75 Å². The molecule has 2 rings (SSSR count). The fourth-order valence-corrected chi connectivity index (χ4v) is 1.58. The molecule has 0 spiro atoms. The van der Waals surface area contributed by atoms with Gasteiger partial charge in [-0.15, -0.1) is 0 Å². The van der Waals surface area contributed by atoms with Gasteiger partial charge in [0.05, 0.1) is 4.92 Å². The van der Waals surface area contributed by atoms with Crippen LogP contribution >= 0.6 is 0 Å². The Hall–Kier alpha value is -2.97. The molecule has 104 valence electrons.